The maximum absolute atomic E-state index is 12.2. The number of anilines is 1. The molecule has 1 aliphatic heterocycles. The lowest BCUT2D eigenvalue weighted by atomic mass is 10.1. The van der Waals surface area contributed by atoms with Gasteiger partial charge in [-0.1, -0.05) is 13.3 Å². The molecule has 2 rings (SSSR count). The first-order valence-electron chi connectivity index (χ1n) is 6.95. The minimum atomic E-state index is -0.942. The van der Waals surface area contributed by atoms with Gasteiger partial charge in [0.1, 0.15) is 0 Å². The average Bonchev–Trinajstić information content (AvgIpc) is 2.81. The largest absolute Gasteiger partial charge is 0.478 e. The van der Waals surface area contributed by atoms with Gasteiger partial charge in [-0.3, -0.25) is 4.79 Å². The maximum Gasteiger partial charge on any atom is 0.335 e. The molecule has 0 saturated carbocycles. The number of hydrogen-bond acceptors (Lipinski definition) is 3. The van der Waals surface area contributed by atoms with Crippen LogP contribution in [0.1, 0.15) is 42.1 Å². The molecule has 0 fully saturated rings. The Morgan fingerprint density at radius 2 is 2.20 bits per heavy atom. The predicted molar refractivity (Wildman–Crippen MR) is 77.0 cm³/mol. The number of aromatic carboxylic acids is 1. The molecule has 1 aromatic rings. The zero-order chi connectivity index (χ0) is 14.7. The lowest BCUT2D eigenvalue weighted by Crippen LogP contribution is -2.34. The van der Waals surface area contributed by atoms with Crippen molar-refractivity contribution in [3.8, 4) is 0 Å². The normalized spacial score (nSPS) is 15.0. The number of carboxylic acid groups (broad SMARTS) is 1. The van der Waals surface area contributed by atoms with Crippen molar-refractivity contribution in [2.75, 3.05) is 11.4 Å². The first-order chi connectivity index (χ1) is 9.52. The summed E-state index contributed by atoms with van der Waals surface area (Å²) in [7, 11) is 0. The number of benzene rings is 1. The van der Waals surface area contributed by atoms with E-state index in [1.54, 1.807) is 23.1 Å². The highest BCUT2D eigenvalue weighted by Gasteiger charge is 2.26. The Morgan fingerprint density at radius 3 is 2.85 bits per heavy atom. The van der Waals surface area contributed by atoms with Crippen LogP contribution in [0.2, 0.25) is 0 Å². The average molecular weight is 276 g/mol. The number of amides is 1. The molecule has 1 aromatic carbocycles. The SMILES string of the molecule is CCCC(N)CC(=O)N1CCc2cc(C(=O)O)ccc21. The second-order valence-electron chi connectivity index (χ2n) is 5.20. The van der Waals surface area contributed by atoms with Crippen molar-refractivity contribution in [1.82, 2.24) is 0 Å². The van der Waals surface area contributed by atoms with Crippen LogP contribution < -0.4 is 10.6 Å². The minimum Gasteiger partial charge on any atom is -0.478 e. The van der Waals surface area contributed by atoms with Crippen LogP contribution in [0.25, 0.3) is 0 Å². The van der Waals surface area contributed by atoms with Crippen molar-refractivity contribution in [3.05, 3.63) is 29.3 Å². The molecular weight excluding hydrogens is 256 g/mol. The van der Waals surface area contributed by atoms with Crippen LogP contribution in [-0.2, 0) is 11.2 Å². The Balaban J connectivity index is 2.11. The molecule has 0 radical (unpaired) electrons. The Bertz CT molecular complexity index is 528. The zero-order valence-corrected chi connectivity index (χ0v) is 11.6. The van der Waals surface area contributed by atoms with Gasteiger partial charge >= 0.3 is 5.97 Å². The molecule has 1 unspecified atom stereocenters. The van der Waals surface area contributed by atoms with E-state index >= 15 is 0 Å². The Hall–Kier alpha value is -1.88. The molecule has 5 nitrogen and oxygen atoms in total. The van der Waals surface area contributed by atoms with Gasteiger partial charge in [-0.15, -0.1) is 0 Å². The second kappa shape index (κ2) is 6.05. The number of carboxylic acids is 1. The third-order valence-corrected chi connectivity index (χ3v) is 3.62. The van der Waals surface area contributed by atoms with Crippen LogP contribution in [0.3, 0.4) is 0 Å². The fourth-order valence-corrected chi connectivity index (χ4v) is 2.60. The van der Waals surface area contributed by atoms with E-state index in [9.17, 15) is 9.59 Å². The van der Waals surface area contributed by atoms with Gasteiger partial charge in [0.05, 0.1) is 5.56 Å². The van der Waals surface area contributed by atoms with Crippen molar-refractivity contribution >= 4 is 17.6 Å². The van der Waals surface area contributed by atoms with Crippen molar-refractivity contribution in [2.24, 2.45) is 5.73 Å². The Labute approximate surface area is 118 Å². The first-order valence-corrected chi connectivity index (χ1v) is 6.95. The number of carbonyl (C=O) groups excluding carboxylic acids is 1. The third kappa shape index (κ3) is 2.99. The fourth-order valence-electron chi connectivity index (χ4n) is 2.60. The number of nitrogens with zero attached hydrogens (tertiary/aromatic N) is 1. The molecule has 0 saturated heterocycles. The van der Waals surface area contributed by atoms with Gasteiger partial charge in [0.25, 0.3) is 0 Å². The molecule has 1 aliphatic rings. The van der Waals surface area contributed by atoms with Crippen molar-refractivity contribution in [2.45, 2.75) is 38.6 Å². The lowest BCUT2D eigenvalue weighted by molar-refractivity contribution is -0.118. The minimum absolute atomic E-state index is 0.0211. The summed E-state index contributed by atoms with van der Waals surface area (Å²) in [6.45, 7) is 2.65. The second-order valence-corrected chi connectivity index (χ2v) is 5.20. The summed E-state index contributed by atoms with van der Waals surface area (Å²) < 4.78 is 0. The molecule has 5 heteroatoms. The molecule has 0 aromatic heterocycles. The molecule has 1 amide bonds. The third-order valence-electron chi connectivity index (χ3n) is 3.62. The summed E-state index contributed by atoms with van der Waals surface area (Å²) in [5, 5.41) is 8.97. The standard InChI is InChI=1S/C15H20N2O3/c1-2-3-12(16)9-14(18)17-7-6-10-8-11(15(19)20)4-5-13(10)17/h4-5,8,12H,2-3,6-7,9,16H2,1H3,(H,19,20). The van der Waals surface area contributed by atoms with Gasteiger partial charge in [0.2, 0.25) is 5.91 Å². The highest BCUT2D eigenvalue weighted by Crippen LogP contribution is 2.29. The highest BCUT2D eigenvalue weighted by molar-refractivity contribution is 5.97. The van der Waals surface area contributed by atoms with Crippen LogP contribution in [0.5, 0.6) is 0 Å². The molecule has 20 heavy (non-hydrogen) atoms. The van der Waals surface area contributed by atoms with Gasteiger partial charge in [-0.25, -0.2) is 4.79 Å². The zero-order valence-electron chi connectivity index (χ0n) is 11.6. The fraction of sp³-hybridized carbons (Fsp3) is 0.467. The van der Waals surface area contributed by atoms with E-state index in [2.05, 4.69) is 0 Å². The Kier molecular flexibility index (Phi) is 4.39. The van der Waals surface area contributed by atoms with Crippen LogP contribution in [-0.4, -0.2) is 29.6 Å². The predicted octanol–water partition coefficient (Wildman–Crippen LogP) is 1.79. The summed E-state index contributed by atoms with van der Waals surface area (Å²) in [4.78, 5) is 24.9. The number of rotatable bonds is 5. The quantitative estimate of drug-likeness (QED) is 0.858. The highest BCUT2D eigenvalue weighted by atomic mass is 16.4. The van der Waals surface area contributed by atoms with Gasteiger partial charge in [0, 0.05) is 24.7 Å². The van der Waals surface area contributed by atoms with E-state index in [1.807, 2.05) is 6.92 Å². The monoisotopic (exact) mass is 276 g/mol. The van der Waals surface area contributed by atoms with Gasteiger partial charge in [-0.05, 0) is 36.6 Å². The summed E-state index contributed by atoms with van der Waals surface area (Å²) in [5.74, 6) is -0.921. The van der Waals surface area contributed by atoms with E-state index in [0.717, 1.165) is 24.1 Å². The van der Waals surface area contributed by atoms with Gasteiger partial charge < -0.3 is 15.7 Å². The molecule has 3 N–H and O–H groups in total. The molecule has 0 aliphatic carbocycles. The number of carbonyl (C=O) groups is 2. The molecular formula is C15H20N2O3. The summed E-state index contributed by atoms with van der Waals surface area (Å²) in [6, 6.07) is 4.81. The van der Waals surface area contributed by atoms with Crippen LogP contribution in [0.4, 0.5) is 5.69 Å². The first kappa shape index (κ1) is 14.5. The molecule has 1 atom stereocenters. The van der Waals surface area contributed by atoms with E-state index in [0.29, 0.717) is 19.4 Å². The summed E-state index contributed by atoms with van der Waals surface area (Å²) in [6.07, 6.45) is 2.84. The summed E-state index contributed by atoms with van der Waals surface area (Å²) >= 11 is 0. The van der Waals surface area contributed by atoms with Crippen LogP contribution in [0.15, 0.2) is 18.2 Å². The van der Waals surface area contributed by atoms with E-state index in [-0.39, 0.29) is 17.5 Å². The van der Waals surface area contributed by atoms with Crippen molar-refractivity contribution < 1.29 is 14.7 Å². The lowest BCUT2D eigenvalue weighted by Gasteiger charge is -2.19. The van der Waals surface area contributed by atoms with E-state index in [4.69, 9.17) is 10.8 Å². The molecule has 0 bridgehead atoms. The maximum atomic E-state index is 12.2. The van der Waals surface area contributed by atoms with Crippen molar-refractivity contribution in [3.63, 3.8) is 0 Å². The summed E-state index contributed by atoms with van der Waals surface area (Å²) in [5.41, 5.74) is 7.92. The van der Waals surface area contributed by atoms with Crippen molar-refractivity contribution in [1.29, 1.82) is 0 Å². The Morgan fingerprint density at radius 1 is 1.45 bits per heavy atom. The van der Waals surface area contributed by atoms with Crippen LogP contribution >= 0.6 is 0 Å². The number of fused-ring (bicyclic) bond motifs is 1. The molecule has 108 valence electrons. The smallest absolute Gasteiger partial charge is 0.335 e. The topological polar surface area (TPSA) is 83.6 Å². The molecule has 1 heterocycles. The van der Waals surface area contributed by atoms with Crippen LogP contribution in [0, 0.1) is 0 Å². The van der Waals surface area contributed by atoms with E-state index < -0.39 is 5.97 Å². The number of nitrogens with two attached hydrogens (primary N) is 1. The molecule has 0 spiro atoms. The van der Waals surface area contributed by atoms with E-state index in [1.165, 1.54) is 0 Å². The van der Waals surface area contributed by atoms with Gasteiger partial charge in [0.15, 0.2) is 0 Å². The number of hydrogen-bond donors (Lipinski definition) is 2. The van der Waals surface area contributed by atoms with Gasteiger partial charge in [-0.2, -0.15) is 0 Å².